The largest absolute Gasteiger partial charge is 0.469 e. The number of methoxy groups -OCH3 is 1. The van der Waals surface area contributed by atoms with Gasteiger partial charge in [-0.2, -0.15) is 0 Å². The molecule has 118 valence electrons. The number of rotatable bonds is 9. The third-order valence-electron chi connectivity index (χ3n) is 3.69. The molecular formula is C16H27NO3Si. The lowest BCUT2D eigenvalue weighted by molar-refractivity contribution is -0.140. The van der Waals surface area contributed by atoms with Crippen molar-refractivity contribution in [1.82, 2.24) is 0 Å². The highest BCUT2D eigenvalue weighted by molar-refractivity contribution is 6.71. The first-order chi connectivity index (χ1) is 9.98. The minimum atomic E-state index is -1.52. The first kappa shape index (κ1) is 17.7. The zero-order valence-electron chi connectivity index (χ0n) is 13.6. The van der Waals surface area contributed by atoms with E-state index in [1.807, 2.05) is 18.2 Å². The predicted octanol–water partition coefficient (Wildman–Crippen LogP) is 3.30. The average molecular weight is 309 g/mol. The Kier molecular flexibility index (Phi) is 7.46. The molecule has 4 nitrogen and oxygen atoms in total. The second kappa shape index (κ2) is 8.84. The highest BCUT2D eigenvalue weighted by Crippen LogP contribution is 2.18. The van der Waals surface area contributed by atoms with Crippen LogP contribution in [-0.2, 0) is 14.0 Å². The summed E-state index contributed by atoms with van der Waals surface area (Å²) in [5.74, 6) is -0.164. The maximum atomic E-state index is 11.4. The second-order valence-corrected chi connectivity index (χ2v) is 10.1. The molecule has 1 aromatic carbocycles. The maximum absolute atomic E-state index is 11.4. The van der Waals surface area contributed by atoms with E-state index < -0.39 is 8.32 Å². The maximum Gasteiger partial charge on any atom is 0.307 e. The van der Waals surface area contributed by atoms with Crippen molar-refractivity contribution < 1.29 is 14.0 Å². The SMILES string of the molecule is COC(=O)CCN(CCC[Si](C)(C)OC)c1ccccc1. The molecule has 0 bridgehead atoms. The molecule has 0 unspecified atom stereocenters. The quantitative estimate of drug-likeness (QED) is 0.518. The van der Waals surface area contributed by atoms with Crippen LogP contribution in [0.1, 0.15) is 12.8 Å². The Hall–Kier alpha value is -1.33. The molecule has 21 heavy (non-hydrogen) atoms. The summed E-state index contributed by atoms with van der Waals surface area (Å²) in [6.45, 7) is 6.08. The van der Waals surface area contributed by atoms with Gasteiger partial charge in [0.25, 0.3) is 0 Å². The van der Waals surface area contributed by atoms with Crippen LogP contribution in [0.3, 0.4) is 0 Å². The van der Waals surface area contributed by atoms with E-state index in [-0.39, 0.29) is 5.97 Å². The van der Waals surface area contributed by atoms with Crippen molar-refractivity contribution >= 4 is 20.0 Å². The summed E-state index contributed by atoms with van der Waals surface area (Å²) in [5.41, 5.74) is 1.15. The summed E-state index contributed by atoms with van der Waals surface area (Å²) in [6.07, 6.45) is 1.49. The molecule has 1 rings (SSSR count). The van der Waals surface area contributed by atoms with Crippen LogP contribution < -0.4 is 4.90 Å². The normalized spacial score (nSPS) is 11.2. The molecule has 0 saturated heterocycles. The van der Waals surface area contributed by atoms with Crippen molar-refractivity contribution in [3.8, 4) is 0 Å². The molecule has 0 saturated carbocycles. The summed E-state index contributed by atoms with van der Waals surface area (Å²) >= 11 is 0. The number of nitrogens with zero attached hydrogens (tertiary/aromatic N) is 1. The van der Waals surface area contributed by atoms with Gasteiger partial charge in [-0.05, 0) is 37.7 Å². The molecular weight excluding hydrogens is 282 g/mol. The van der Waals surface area contributed by atoms with Gasteiger partial charge in [0.15, 0.2) is 8.32 Å². The Morgan fingerprint density at radius 2 is 1.81 bits per heavy atom. The molecule has 0 aliphatic carbocycles. The van der Waals surface area contributed by atoms with Gasteiger partial charge in [-0.25, -0.2) is 0 Å². The molecule has 0 aromatic heterocycles. The van der Waals surface area contributed by atoms with Crippen LogP contribution >= 0.6 is 0 Å². The minimum Gasteiger partial charge on any atom is -0.469 e. The molecule has 0 spiro atoms. The number of carbonyl (C=O) groups excluding carboxylic acids is 1. The standard InChI is InChI=1S/C16H27NO3Si/c1-19-16(18)11-13-17(15-9-6-5-7-10-15)12-8-14-21(3,4)20-2/h5-7,9-10H,8,11-14H2,1-4H3. The number of para-hydroxylation sites is 1. The van der Waals surface area contributed by atoms with Gasteiger partial charge < -0.3 is 14.1 Å². The first-order valence-corrected chi connectivity index (χ1v) is 10.5. The van der Waals surface area contributed by atoms with Crippen LogP contribution in [-0.4, -0.2) is 41.6 Å². The summed E-state index contributed by atoms with van der Waals surface area (Å²) < 4.78 is 10.3. The van der Waals surface area contributed by atoms with Gasteiger partial charge in [0, 0.05) is 25.9 Å². The number of esters is 1. The van der Waals surface area contributed by atoms with E-state index in [1.165, 1.54) is 7.11 Å². The Balaban J connectivity index is 2.58. The summed E-state index contributed by atoms with van der Waals surface area (Å²) in [5, 5.41) is 0. The number of hydrogen-bond donors (Lipinski definition) is 0. The fourth-order valence-corrected chi connectivity index (χ4v) is 3.35. The summed E-state index contributed by atoms with van der Waals surface area (Å²) in [7, 11) is 1.72. The van der Waals surface area contributed by atoms with Crippen LogP contribution in [0.5, 0.6) is 0 Å². The van der Waals surface area contributed by atoms with E-state index in [1.54, 1.807) is 7.11 Å². The number of ether oxygens (including phenoxy) is 1. The number of carbonyl (C=O) groups is 1. The summed E-state index contributed by atoms with van der Waals surface area (Å²) in [6, 6.07) is 11.3. The smallest absolute Gasteiger partial charge is 0.307 e. The number of benzene rings is 1. The van der Waals surface area contributed by atoms with Crippen LogP contribution in [0.15, 0.2) is 30.3 Å². The molecule has 0 aliphatic rings. The molecule has 0 amide bonds. The van der Waals surface area contributed by atoms with E-state index in [2.05, 4.69) is 30.1 Å². The van der Waals surface area contributed by atoms with E-state index >= 15 is 0 Å². The minimum absolute atomic E-state index is 0.164. The van der Waals surface area contributed by atoms with Crippen LogP contribution in [0.4, 0.5) is 5.69 Å². The summed E-state index contributed by atoms with van der Waals surface area (Å²) in [4.78, 5) is 13.6. The molecule has 0 heterocycles. The van der Waals surface area contributed by atoms with Crippen molar-refractivity contribution in [2.24, 2.45) is 0 Å². The lowest BCUT2D eigenvalue weighted by Gasteiger charge is -2.26. The lowest BCUT2D eigenvalue weighted by atomic mass is 10.2. The third-order valence-corrected chi connectivity index (χ3v) is 6.36. The Bertz CT molecular complexity index is 423. The van der Waals surface area contributed by atoms with Gasteiger partial charge in [-0.3, -0.25) is 4.79 Å². The van der Waals surface area contributed by atoms with Gasteiger partial charge in [0.1, 0.15) is 0 Å². The number of hydrogen-bond acceptors (Lipinski definition) is 4. The van der Waals surface area contributed by atoms with Crippen LogP contribution in [0.25, 0.3) is 0 Å². The first-order valence-electron chi connectivity index (χ1n) is 7.40. The zero-order chi connectivity index (χ0) is 15.7. The lowest BCUT2D eigenvalue weighted by Crippen LogP contribution is -2.32. The molecule has 5 heteroatoms. The van der Waals surface area contributed by atoms with Crippen molar-refractivity contribution in [1.29, 1.82) is 0 Å². The molecule has 0 fully saturated rings. The van der Waals surface area contributed by atoms with Crippen molar-refractivity contribution in [2.75, 3.05) is 32.2 Å². The van der Waals surface area contributed by atoms with Gasteiger partial charge in [-0.1, -0.05) is 18.2 Å². The van der Waals surface area contributed by atoms with E-state index in [0.29, 0.717) is 13.0 Å². The number of anilines is 1. The average Bonchev–Trinajstić information content (AvgIpc) is 2.51. The van der Waals surface area contributed by atoms with Gasteiger partial charge in [-0.15, -0.1) is 0 Å². The van der Waals surface area contributed by atoms with E-state index in [4.69, 9.17) is 9.16 Å². The molecule has 0 radical (unpaired) electrons. The molecule has 0 aliphatic heterocycles. The third kappa shape index (κ3) is 6.77. The zero-order valence-corrected chi connectivity index (χ0v) is 14.6. The van der Waals surface area contributed by atoms with E-state index in [0.717, 1.165) is 24.7 Å². The van der Waals surface area contributed by atoms with Crippen LogP contribution in [0.2, 0.25) is 19.1 Å². The van der Waals surface area contributed by atoms with Crippen molar-refractivity contribution in [3.63, 3.8) is 0 Å². The topological polar surface area (TPSA) is 38.8 Å². The molecule has 0 atom stereocenters. The van der Waals surface area contributed by atoms with E-state index in [9.17, 15) is 4.79 Å². The Morgan fingerprint density at radius 1 is 1.14 bits per heavy atom. The monoisotopic (exact) mass is 309 g/mol. The predicted molar refractivity (Wildman–Crippen MR) is 89.2 cm³/mol. The molecule has 0 N–H and O–H groups in total. The fourth-order valence-electron chi connectivity index (χ4n) is 2.13. The molecule has 1 aromatic rings. The fraction of sp³-hybridized carbons (Fsp3) is 0.562. The second-order valence-electron chi connectivity index (χ2n) is 5.72. The van der Waals surface area contributed by atoms with Crippen LogP contribution in [0, 0.1) is 0 Å². The van der Waals surface area contributed by atoms with Crippen molar-refractivity contribution in [2.45, 2.75) is 32.0 Å². The highest BCUT2D eigenvalue weighted by atomic mass is 28.4. The van der Waals surface area contributed by atoms with Gasteiger partial charge in [0.2, 0.25) is 0 Å². The highest BCUT2D eigenvalue weighted by Gasteiger charge is 2.20. The Morgan fingerprint density at radius 3 is 2.38 bits per heavy atom. The van der Waals surface area contributed by atoms with Gasteiger partial charge >= 0.3 is 5.97 Å². The van der Waals surface area contributed by atoms with Crippen molar-refractivity contribution in [3.05, 3.63) is 30.3 Å². The van der Waals surface area contributed by atoms with Gasteiger partial charge in [0.05, 0.1) is 13.5 Å². The Labute approximate surface area is 129 Å².